The molecule has 0 bridgehead atoms. The summed E-state index contributed by atoms with van der Waals surface area (Å²) in [6.07, 6.45) is 5.48. The van der Waals surface area contributed by atoms with Gasteiger partial charge in [0.15, 0.2) is 11.5 Å². The molecule has 4 heteroatoms. The molecule has 0 aliphatic carbocycles. The number of hydrogen-bond acceptors (Lipinski definition) is 4. The molecule has 1 aromatic rings. The maximum atomic E-state index is 11.1. The number of carbonyl (C=O) groups is 1. The molecule has 0 spiro atoms. The predicted octanol–water partition coefficient (Wildman–Crippen LogP) is 3.18. The van der Waals surface area contributed by atoms with Crippen LogP contribution < -0.4 is 9.47 Å². The van der Waals surface area contributed by atoms with Crippen LogP contribution in [0, 0.1) is 0 Å². The van der Waals surface area contributed by atoms with Crippen molar-refractivity contribution in [2.45, 2.75) is 32.3 Å². The van der Waals surface area contributed by atoms with Crippen LogP contribution in [-0.4, -0.2) is 32.2 Å². The first-order valence-electron chi connectivity index (χ1n) is 7.38. The molecule has 1 atom stereocenters. The molecule has 114 valence electrons. The number of benzene rings is 1. The van der Waals surface area contributed by atoms with Gasteiger partial charge in [0, 0.05) is 17.7 Å². The fourth-order valence-electron chi connectivity index (χ4n) is 2.44. The van der Waals surface area contributed by atoms with Gasteiger partial charge in [-0.05, 0) is 38.3 Å². The molecule has 21 heavy (non-hydrogen) atoms. The van der Waals surface area contributed by atoms with Crippen molar-refractivity contribution in [1.29, 1.82) is 0 Å². The third kappa shape index (κ3) is 4.08. The Labute approximate surface area is 125 Å². The van der Waals surface area contributed by atoms with E-state index >= 15 is 0 Å². The lowest BCUT2D eigenvalue weighted by Gasteiger charge is -2.18. The second-order valence-corrected chi connectivity index (χ2v) is 5.00. The van der Waals surface area contributed by atoms with E-state index in [1.165, 1.54) is 0 Å². The summed E-state index contributed by atoms with van der Waals surface area (Å²) >= 11 is 0. The van der Waals surface area contributed by atoms with E-state index in [0.29, 0.717) is 36.7 Å². The van der Waals surface area contributed by atoms with Crippen LogP contribution in [0.25, 0.3) is 0 Å². The first kappa shape index (κ1) is 15.6. The van der Waals surface area contributed by atoms with E-state index in [1.54, 1.807) is 12.1 Å². The second-order valence-electron chi connectivity index (χ2n) is 5.00. The van der Waals surface area contributed by atoms with Crippen LogP contribution in [-0.2, 0) is 11.2 Å². The molecule has 0 amide bonds. The molecule has 0 saturated carbocycles. The average Bonchev–Trinajstić information content (AvgIpc) is 3.00. The van der Waals surface area contributed by atoms with Gasteiger partial charge < -0.3 is 14.2 Å². The summed E-state index contributed by atoms with van der Waals surface area (Å²) in [5.41, 5.74) is 1.50. The van der Waals surface area contributed by atoms with Crippen LogP contribution in [0.5, 0.6) is 11.5 Å². The first-order chi connectivity index (χ1) is 10.3. The minimum absolute atomic E-state index is 0.141. The molecule has 2 rings (SSSR count). The molecule has 1 saturated heterocycles. The fraction of sp³-hybridized carbons (Fsp3) is 0.471. The van der Waals surface area contributed by atoms with Crippen molar-refractivity contribution in [1.82, 2.24) is 0 Å². The zero-order valence-electron chi connectivity index (χ0n) is 12.5. The van der Waals surface area contributed by atoms with E-state index in [0.717, 1.165) is 31.3 Å². The lowest BCUT2D eigenvalue weighted by molar-refractivity contribution is 0.0664. The molecule has 1 aliphatic rings. The van der Waals surface area contributed by atoms with Gasteiger partial charge in [-0.15, -0.1) is 6.58 Å². The lowest BCUT2D eigenvalue weighted by Crippen LogP contribution is -2.17. The summed E-state index contributed by atoms with van der Waals surface area (Å²) in [5, 5.41) is 0. The standard InChI is InChI=1S/C17H22O4/c1-3-6-14-9-13(11-18)10-16(19-4-2)17(14)21-12-15-7-5-8-20-15/h3,9-11,15H,1,4-8,12H2,2H3. The number of ether oxygens (including phenoxy) is 3. The maximum absolute atomic E-state index is 11.1. The Morgan fingerprint density at radius 1 is 1.43 bits per heavy atom. The van der Waals surface area contributed by atoms with Gasteiger partial charge in [-0.2, -0.15) is 0 Å². The summed E-state index contributed by atoms with van der Waals surface area (Å²) in [6, 6.07) is 3.54. The minimum atomic E-state index is 0.141. The Morgan fingerprint density at radius 2 is 2.29 bits per heavy atom. The lowest BCUT2D eigenvalue weighted by atomic mass is 10.1. The molecule has 1 heterocycles. The van der Waals surface area contributed by atoms with Gasteiger partial charge >= 0.3 is 0 Å². The highest BCUT2D eigenvalue weighted by molar-refractivity contribution is 5.77. The Hall–Kier alpha value is -1.81. The van der Waals surface area contributed by atoms with E-state index in [9.17, 15) is 4.79 Å². The Bertz CT molecular complexity index is 490. The number of allylic oxidation sites excluding steroid dienone is 1. The normalized spacial score (nSPS) is 17.5. The third-order valence-corrected chi connectivity index (χ3v) is 3.39. The van der Waals surface area contributed by atoms with Crippen molar-refractivity contribution in [3.05, 3.63) is 35.9 Å². The number of hydrogen-bond donors (Lipinski definition) is 0. The maximum Gasteiger partial charge on any atom is 0.164 e. The molecule has 1 fully saturated rings. The average molecular weight is 290 g/mol. The highest BCUT2D eigenvalue weighted by Crippen LogP contribution is 2.34. The summed E-state index contributed by atoms with van der Waals surface area (Å²) in [4.78, 5) is 11.1. The molecular formula is C17H22O4. The summed E-state index contributed by atoms with van der Waals surface area (Å²) in [5.74, 6) is 1.30. The quantitative estimate of drug-likeness (QED) is 0.545. The van der Waals surface area contributed by atoms with Crippen LogP contribution in [0.2, 0.25) is 0 Å². The molecule has 0 N–H and O–H groups in total. The molecular weight excluding hydrogens is 268 g/mol. The van der Waals surface area contributed by atoms with E-state index in [-0.39, 0.29) is 6.10 Å². The van der Waals surface area contributed by atoms with Gasteiger partial charge in [0.2, 0.25) is 0 Å². The van der Waals surface area contributed by atoms with Crippen molar-refractivity contribution in [3.8, 4) is 11.5 Å². The number of rotatable bonds is 8. The van der Waals surface area contributed by atoms with Crippen molar-refractivity contribution in [2.75, 3.05) is 19.8 Å². The topological polar surface area (TPSA) is 44.8 Å². The molecule has 4 nitrogen and oxygen atoms in total. The Balaban J connectivity index is 2.24. The highest BCUT2D eigenvalue weighted by Gasteiger charge is 2.19. The summed E-state index contributed by atoms with van der Waals surface area (Å²) < 4.78 is 17.1. The van der Waals surface area contributed by atoms with Gasteiger partial charge in [0.25, 0.3) is 0 Å². The van der Waals surface area contributed by atoms with Crippen LogP contribution in [0.3, 0.4) is 0 Å². The van der Waals surface area contributed by atoms with Crippen molar-refractivity contribution < 1.29 is 19.0 Å². The van der Waals surface area contributed by atoms with E-state index in [2.05, 4.69) is 6.58 Å². The van der Waals surface area contributed by atoms with Gasteiger partial charge in [0.05, 0.1) is 12.7 Å². The number of aldehydes is 1. The zero-order valence-corrected chi connectivity index (χ0v) is 12.5. The molecule has 0 radical (unpaired) electrons. The van der Waals surface area contributed by atoms with Crippen LogP contribution in [0.4, 0.5) is 0 Å². The second kappa shape index (κ2) is 7.84. The SMILES string of the molecule is C=CCc1cc(C=O)cc(OCC)c1OCC1CCCO1. The zero-order chi connectivity index (χ0) is 15.1. The summed E-state index contributed by atoms with van der Waals surface area (Å²) in [7, 11) is 0. The van der Waals surface area contributed by atoms with Crippen LogP contribution in [0.15, 0.2) is 24.8 Å². The third-order valence-electron chi connectivity index (χ3n) is 3.39. The van der Waals surface area contributed by atoms with Gasteiger partial charge in [0.1, 0.15) is 12.9 Å². The molecule has 1 unspecified atom stereocenters. The van der Waals surface area contributed by atoms with Crippen LogP contribution in [0.1, 0.15) is 35.7 Å². The monoisotopic (exact) mass is 290 g/mol. The van der Waals surface area contributed by atoms with Crippen molar-refractivity contribution in [3.63, 3.8) is 0 Å². The smallest absolute Gasteiger partial charge is 0.164 e. The minimum Gasteiger partial charge on any atom is -0.490 e. The van der Waals surface area contributed by atoms with E-state index < -0.39 is 0 Å². The predicted molar refractivity (Wildman–Crippen MR) is 81.4 cm³/mol. The summed E-state index contributed by atoms with van der Waals surface area (Å²) in [6.45, 7) is 7.49. The largest absolute Gasteiger partial charge is 0.490 e. The van der Waals surface area contributed by atoms with Crippen LogP contribution >= 0.6 is 0 Å². The fourth-order valence-corrected chi connectivity index (χ4v) is 2.44. The molecule has 1 aromatic carbocycles. The van der Waals surface area contributed by atoms with Crippen molar-refractivity contribution in [2.24, 2.45) is 0 Å². The number of carbonyl (C=O) groups excluding carboxylic acids is 1. The Morgan fingerprint density at radius 3 is 2.90 bits per heavy atom. The van der Waals surface area contributed by atoms with Gasteiger partial charge in [-0.1, -0.05) is 6.08 Å². The highest BCUT2D eigenvalue weighted by atomic mass is 16.5. The Kier molecular flexibility index (Phi) is 5.81. The first-order valence-corrected chi connectivity index (χ1v) is 7.38. The van der Waals surface area contributed by atoms with E-state index in [1.807, 2.05) is 13.0 Å². The molecule has 1 aliphatic heterocycles. The van der Waals surface area contributed by atoms with Crippen molar-refractivity contribution >= 4 is 6.29 Å². The van der Waals surface area contributed by atoms with E-state index in [4.69, 9.17) is 14.2 Å². The van der Waals surface area contributed by atoms with Gasteiger partial charge in [-0.25, -0.2) is 0 Å². The molecule has 0 aromatic heterocycles. The van der Waals surface area contributed by atoms with Gasteiger partial charge in [-0.3, -0.25) is 4.79 Å².